The largest absolute Gasteiger partial charge is 0.481 e. The molecule has 4 rings (SSSR count). The van der Waals surface area contributed by atoms with Crippen LogP contribution in [0.1, 0.15) is 24.0 Å². The molecule has 0 amide bonds. The maximum atomic E-state index is 6.43. The van der Waals surface area contributed by atoms with Gasteiger partial charge in [-0.1, -0.05) is 44.8 Å². The number of ether oxygens (including phenoxy) is 1. The normalized spacial score (nSPS) is 24.6. The van der Waals surface area contributed by atoms with Crippen LogP contribution in [0, 0.1) is 5.92 Å². The molecule has 26 heavy (non-hydrogen) atoms. The number of oxime groups is 1. The molecule has 0 aromatic heterocycles. The molecule has 0 spiro atoms. The summed E-state index contributed by atoms with van der Waals surface area (Å²) in [5.41, 5.74) is 2.71. The SMILES string of the molecule is CNCCCON=C1c2ccc(Cl)cc2OC2(c3ccc(Br)cc3)CC12. The Kier molecular flexibility index (Phi) is 4.95. The Labute approximate surface area is 166 Å². The van der Waals surface area contributed by atoms with Gasteiger partial charge in [-0.25, -0.2) is 0 Å². The summed E-state index contributed by atoms with van der Waals surface area (Å²) in [5.74, 6) is 0.966. The summed E-state index contributed by atoms with van der Waals surface area (Å²) in [7, 11) is 1.93. The molecular weight excluding hydrogens is 416 g/mol. The lowest BCUT2D eigenvalue weighted by atomic mass is 9.96. The molecule has 2 aromatic rings. The monoisotopic (exact) mass is 434 g/mol. The molecule has 4 nitrogen and oxygen atoms in total. The first kappa shape index (κ1) is 17.8. The molecule has 2 atom stereocenters. The quantitative estimate of drug-likeness (QED) is 0.526. The van der Waals surface area contributed by atoms with E-state index in [0.29, 0.717) is 11.6 Å². The summed E-state index contributed by atoms with van der Waals surface area (Å²) in [6, 6.07) is 14.0. The van der Waals surface area contributed by atoms with Crippen molar-refractivity contribution < 1.29 is 9.57 Å². The topological polar surface area (TPSA) is 42.8 Å². The van der Waals surface area contributed by atoms with Crippen LogP contribution in [-0.2, 0) is 10.4 Å². The van der Waals surface area contributed by atoms with Crippen LogP contribution < -0.4 is 10.1 Å². The standard InChI is InChI=1S/C20H20BrClN2O2/c1-23-9-2-10-25-24-19-16-8-7-15(22)11-18(16)26-20(12-17(19)20)13-3-5-14(21)6-4-13/h3-8,11,17,23H,2,9-10,12H2,1H3. The number of nitrogens with one attached hydrogen (secondary N) is 1. The number of rotatable bonds is 6. The predicted octanol–water partition coefficient (Wildman–Crippen LogP) is 4.74. The molecule has 2 aromatic carbocycles. The molecule has 1 aliphatic carbocycles. The van der Waals surface area contributed by atoms with Crippen LogP contribution >= 0.6 is 27.5 Å². The second-order valence-electron chi connectivity index (χ2n) is 6.66. The van der Waals surface area contributed by atoms with Crippen molar-refractivity contribution in [2.45, 2.75) is 18.4 Å². The second kappa shape index (κ2) is 7.22. The van der Waals surface area contributed by atoms with E-state index in [2.05, 4.69) is 38.5 Å². The zero-order valence-corrected chi connectivity index (χ0v) is 16.8. The van der Waals surface area contributed by atoms with E-state index in [1.165, 1.54) is 0 Å². The van der Waals surface area contributed by atoms with Crippen LogP contribution in [0.2, 0.25) is 5.02 Å². The number of hydrogen-bond donors (Lipinski definition) is 1. The lowest BCUT2D eigenvalue weighted by molar-refractivity contribution is 0.135. The molecule has 0 radical (unpaired) electrons. The van der Waals surface area contributed by atoms with Crippen LogP contribution in [0.3, 0.4) is 0 Å². The lowest BCUT2D eigenvalue weighted by Gasteiger charge is -2.27. The molecule has 1 heterocycles. The van der Waals surface area contributed by atoms with Crippen molar-refractivity contribution in [2.75, 3.05) is 20.2 Å². The van der Waals surface area contributed by atoms with E-state index >= 15 is 0 Å². The molecular formula is C20H20BrClN2O2. The van der Waals surface area contributed by atoms with Crippen LogP contribution in [0.25, 0.3) is 0 Å². The van der Waals surface area contributed by atoms with Gasteiger partial charge in [0, 0.05) is 21.5 Å². The fourth-order valence-electron chi connectivity index (χ4n) is 3.50. The smallest absolute Gasteiger partial charge is 0.143 e. The van der Waals surface area contributed by atoms with Crippen molar-refractivity contribution in [3.8, 4) is 5.75 Å². The van der Waals surface area contributed by atoms with E-state index in [0.717, 1.165) is 46.4 Å². The van der Waals surface area contributed by atoms with Gasteiger partial charge in [0.25, 0.3) is 0 Å². The first-order valence-corrected chi connectivity index (χ1v) is 9.90. The Balaban J connectivity index is 1.66. The maximum Gasteiger partial charge on any atom is 0.143 e. The highest BCUT2D eigenvalue weighted by molar-refractivity contribution is 9.10. The molecule has 0 saturated heterocycles. The molecule has 2 aliphatic rings. The summed E-state index contributed by atoms with van der Waals surface area (Å²) in [5, 5.41) is 8.26. The third-order valence-electron chi connectivity index (χ3n) is 4.91. The van der Waals surface area contributed by atoms with Crippen molar-refractivity contribution in [2.24, 2.45) is 11.1 Å². The zero-order chi connectivity index (χ0) is 18.1. The summed E-state index contributed by atoms with van der Waals surface area (Å²) in [6.45, 7) is 1.50. The summed E-state index contributed by atoms with van der Waals surface area (Å²) < 4.78 is 7.48. The van der Waals surface area contributed by atoms with Gasteiger partial charge in [-0.05, 0) is 55.9 Å². The molecule has 136 valence electrons. The first-order valence-electron chi connectivity index (χ1n) is 8.73. The Bertz CT molecular complexity index is 840. The fraction of sp³-hybridized carbons (Fsp3) is 0.350. The van der Waals surface area contributed by atoms with E-state index in [-0.39, 0.29) is 11.5 Å². The number of benzene rings is 2. The third-order valence-corrected chi connectivity index (χ3v) is 5.67. The van der Waals surface area contributed by atoms with Gasteiger partial charge < -0.3 is 14.9 Å². The van der Waals surface area contributed by atoms with Gasteiger partial charge in [0.2, 0.25) is 0 Å². The zero-order valence-electron chi connectivity index (χ0n) is 14.5. The number of halogens is 2. The minimum atomic E-state index is -0.369. The third kappa shape index (κ3) is 3.24. The van der Waals surface area contributed by atoms with Crippen molar-refractivity contribution in [3.63, 3.8) is 0 Å². The fourth-order valence-corrected chi connectivity index (χ4v) is 3.93. The van der Waals surface area contributed by atoms with Crippen LogP contribution in [0.4, 0.5) is 0 Å². The minimum Gasteiger partial charge on any atom is -0.481 e. The Morgan fingerprint density at radius 1 is 1.31 bits per heavy atom. The van der Waals surface area contributed by atoms with Crippen LogP contribution in [-0.4, -0.2) is 25.9 Å². The van der Waals surface area contributed by atoms with Gasteiger partial charge in [0.05, 0.1) is 11.6 Å². The van der Waals surface area contributed by atoms with Crippen molar-refractivity contribution in [1.82, 2.24) is 5.32 Å². The summed E-state index contributed by atoms with van der Waals surface area (Å²) >= 11 is 9.69. The van der Waals surface area contributed by atoms with E-state index in [1.54, 1.807) is 0 Å². The summed E-state index contributed by atoms with van der Waals surface area (Å²) in [4.78, 5) is 5.61. The van der Waals surface area contributed by atoms with Gasteiger partial charge in [0.1, 0.15) is 18.0 Å². The lowest BCUT2D eigenvalue weighted by Crippen LogP contribution is -2.28. The van der Waals surface area contributed by atoms with Crippen LogP contribution in [0.15, 0.2) is 52.1 Å². The van der Waals surface area contributed by atoms with Gasteiger partial charge in [-0.3, -0.25) is 0 Å². The Hall–Kier alpha value is -1.56. The number of hydrogen-bond acceptors (Lipinski definition) is 4. The second-order valence-corrected chi connectivity index (χ2v) is 8.01. The first-order chi connectivity index (χ1) is 12.6. The number of nitrogens with zero attached hydrogens (tertiary/aromatic N) is 1. The number of fused-ring (bicyclic) bond motifs is 2. The molecule has 1 saturated carbocycles. The van der Waals surface area contributed by atoms with Gasteiger partial charge in [-0.15, -0.1) is 0 Å². The van der Waals surface area contributed by atoms with Crippen molar-refractivity contribution in [1.29, 1.82) is 0 Å². The molecule has 1 N–H and O–H groups in total. The average molecular weight is 436 g/mol. The minimum absolute atomic E-state index is 0.196. The van der Waals surface area contributed by atoms with Gasteiger partial charge in [0.15, 0.2) is 0 Å². The predicted molar refractivity (Wildman–Crippen MR) is 107 cm³/mol. The van der Waals surface area contributed by atoms with Crippen molar-refractivity contribution >= 4 is 33.2 Å². The highest BCUT2D eigenvalue weighted by Crippen LogP contribution is 2.60. The Morgan fingerprint density at radius 2 is 2.12 bits per heavy atom. The van der Waals surface area contributed by atoms with E-state index in [4.69, 9.17) is 21.2 Å². The average Bonchev–Trinajstić information content (AvgIpc) is 3.36. The molecule has 1 aliphatic heterocycles. The molecule has 0 bridgehead atoms. The van der Waals surface area contributed by atoms with Crippen LogP contribution in [0.5, 0.6) is 5.75 Å². The van der Waals surface area contributed by atoms with Gasteiger partial charge in [-0.2, -0.15) is 0 Å². The van der Waals surface area contributed by atoms with Gasteiger partial charge >= 0.3 is 0 Å². The maximum absolute atomic E-state index is 6.43. The molecule has 6 heteroatoms. The summed E-state index contributed by atoms with van der Waals surface area (Å²) in [6.07, 6.45) is 1.80. The molecule has 2 unspecified atom stereocenters. The van der Waals surface area contributed by atoms with E-state index < -0.39 is 0 Å². The Morgan fingerprint density at radius 3 is 2.88 bits per heavy atom. The van der Waals surface area contributed by atoms with Crippen molar-refractivity contribution in [3.05, 3.63) is 63.1 Å². The highest BCUT2D eigenvalue weighted by Gasteiger charge is 2.64. The van der Waals surface area contributed by atoms with E-state index in [1.807, 2.05) is 37.4 Å². The van der Waals surface area contributed by atoms with E-state index in [9.17, 15) is 0 Å². The highest BCUT2D eigenvalue weighted by atomic mass is 79.9. The molecule has 1 fully saturated rings.